The zero-order valence-electron chi connectivity index (χ0n) is 14.1. The molecule has 0 saturated carbocycles. The Kier molecular flexibility index (Phi) is 4.33. The van der Waals surface area contributed by atoms with Crippen LogP contribution < -0.4 is 0 Å². The summed E-state index contributed by atoms with van der Waals surface area (Å²) in [6, 6.07) is 5.59. The van der Waals surface area contributed by atoms with E-state index < -0.39 is 25.1 Å². The number of hydrogen-bond donors (Lipinski definition) is 0. The van der Waals surface area contributed by atoms with E-state index in [0.29, 0.717) is 38.3 Å². The Bertz CT molecular complexity index is 920. The van der Waals surface area contributed by atoms with E-state index in [1.165, 1.54) is 28.6 Å². The van der Waals surface area contributed by atoms with Gasteiger partial charge in [0.25, 0.3) is 5.91 Å². The molecular formula is C16H20N2O6S2. The van der Waals surface area contributed by atoms with Gasteiger partial charge in [0.1, 0.15) is 0 Å². The number of carbonyl (C=O) groups is 1. The van der Waals surface area contributed by atoms with Crippen molar-refractivity contribution in [2.24, 2.45) is 0 Å². The topological polar surface area (TPSA) is 101 Å². The van der Waals surface area contributed by atoms with Crippen molar-refractivity contribution in [2.75, 3.05) is 38.6 Å². The summed E-state index contributed by atoms with van der Waals surface area (Å²) in [5, 5.41) is -0.461. The van der Waals surface area contributed by atoms with Crippen LogP contribution in [0.5, 0.6) is 0 Å². The quantitative estimate of drug-likeness (QED) is 0.692. The van der Waals surface area contributed by atoms with Gasteiger partial charge in [0, 0.05) is 31.2 Å². The van der Waals surface area contributed by atoms with Crippen LogP contribution in [0.1, 0.15) is 16.8 Å². The molecule has 1 amide bonds. The van der Waals surface area contributed by atoms with Crippen LogP contribution in [0.15, 0.2) is 29.2 Å². The monoisotopic (exact) mass is 400 g/mol. The second-order valence-electron chi connectivity index (χ2n) is 6.84. The lowest BCUT2D eigenvalue weighted by Gasteiger charge is -2.27. The second-order valence-corrected chi connectivity index (χ2v) is 11.1. The summed E-state index contributed by atoms with van der Waals surface area (Å²) >= 11 is 0. The maximum absolute atomic E-state index is 12.7. The van der Waals surface area contributed by atoms with Crippen molar-refractivity contribution in [3.8, 4) is 0 Å². The highest BCUT2D eigenvalue weighted by atomic mass is 32.2. The Morgan fingerprint density at radius 1 is 1.12 bits per heavy atom. The Morgan fingerprint density at radius 3 is 2.31 bits per heavy atom. The summed E-state index contributed by atoms with van der Waals surface area (Å²) in [4.78, 5) is 14.4. The van der Waals surface area contributed by atoms with Crippen LogP contribution in [-0.2, 0) is 24.6 Å². The number of amides is 1. The molecule has 10 heteroatoms. The highest BCUT2D eigenvalue weighted by molar-refractivity contribution is 7.92. The lowest BCUT2D eigenvalue weighted by atomic mass is 10.2. The second kappa shape index (κ2) is 6.29. The van der Waals surface area contributed by atoms with E-state index in [2.05, 4.69) is 0 Å². The molecule has 26 heavy (non-hydrogen) atoms. The molecule has 3 aliphatic heterocycles. The van der Waals surface area contributed by atoms with Crippen molar-refractivity contribution in [1.82, 2.24) is 9.21 Å². The fraction of sp³-hybridized carbons (Fsp3) is 0.562. The molecule has 4 rings (SSSR count). The van der Waals surface area contributed by atoms with Gasteiger partial charge < -0.3 is 9.64 Å². The zero-order chi connectivity index (χ0) is 18.5. The van der Waals surface area contributed by atoms with Crippen molar-refractivity contribution >= 4 is 25.8 Å². The van der Waals surface area contributed by atoms with E-state index in [4.69, 9.17) is 4.74 Å². The largest absolute Gasteiger partial charge is 0.379 e. The van der Waals surface area contributed by atoms with Crippen molar-refractivity contribution in [1.29, 1.82) is 0 Å². The third-order valence-corrected chi connectivity index (χ3v) is 9.40. The van der Waals surface area contributed by atoms with Crippen LogP contribution in [0.4, 0.5) is 0 Å². The molecule has 3 aliphatic rings. The normalized spacial score (nSPS) is 28.4. The smallest absolute Gasteiger partial charge is 0.254 e. The number of sulfone groups is 1. The Hall–Kier alpha value is -1.49. The average Bonchev–Trinajstić information content (AvgIpc) is 3.18. The molecule has 2 unspecified atom stereocenters. The van der Waals surface area contributed by atoms with Crippen molar-refractivity contribution in [3.05, 3.63) is 29.8 Å². The number of fused-ring (bicyclic) bond motifs is 2. The molecule has 0 spiro atoms. The molecule has 8 nitrogen and oxygen atoms in total. The molecule has 0 aliphatic carbocycles. The van der Waals surface area contributed by atoms with Gasteiger partial charge in [-0.1, -0.05) is 0 Å². The van der Waals surface area contributed by atoms with Crippen molar-refractivity contribution < 1.29 is 26.4 Å². The van der Waals surface area contributed by atoms with Gasteiger partial charge in [-0.2, -0.15) is 4.31 Å². The molecule has 1 aromatic carbocycles. The Balaban J connectivity index is 1.51. The molecule has 2 bridgehead atoms. The first-order valence-electron chi connectivity index (χ1n) is 8.49. The number of likely N-dealkylation sites (tertiary alicyclic amines) is 1. The van der Waals surface area contributed by atoms with Crippen molar-refractivity contribution in [2.45, 2.75) is 22.6 Å². The summed E-state index contributed by atoms with van der Waals surface area (Å²) in [6.07, 6.45) is 0.498. The molecule has 0 N–H and O–H groups in total. The minimum Gasteiger partial charge on any atom is -0.379 e. The van der Waals surface area contributed by atoms with Gasteiger partial charge in [-0.3, -0.25) is 4.79 Å². The Morgan fingerprint density at radius 2 is 1.77 bits per heavy atom. The lowest BCUT2D eigenvalue weighted by Crippen LogP contribution is -2.44. The first kappa shape index (κ1) is 17.9. The fourth-order valence-electron chi connectivity index (χ4n) is 3.82. The molecule has 3 saturated heterocycles. The first-order chi connectivity index (χ1) is 12.3. The number of carbonyl (C=O) groups excluding carboxylic acids is 1. The lowest BCUT2D eigenvalue weighted by molar-refractivity contribution is 0.0730. The van der Waals surface area contributed by atoms with Gasteiger partial charge in [-0.25, -0.2) is 16.8 Å². The molecule has 142 valence electrons. The number of sulfonamides is 1. The number of rotatable bonds is 3. The number of hydrogen-bond acceptors (Lipinski definition) is 6. The van der Waals surface area contributed by atoms with Crippen LogP contribution in [0, 0.1) is 0 Å². The van der Waals surface area contributed by atoms with E-state index in [1.807, 2.05) is 0 Å². The van der Waals surface area contributed by atoms with E-state index in [0.717, 1.165) is 0 Å². The summed E-state index contributed by atoms with van der Waals surface area (Å²) in [5.74, 6) is -0.227. The highest BCUT2D eigenvalue weighted by Gasteiger charge is 2.50. The van der Waals surface area contributed by atoms with Crippen LogP contribution in [-0.4, -0.2) is 81.8 Å². The number of nitrogens with zero attached hydrogens (tertiary/aromatic N) is 2. The number of benzene rings is 1. The predicted octanol–water partition coefficient (Wildman–Crippen LogP) is -0.281. The Labute approximate surface area is 152 Å². The van der Waals surface area contributed by atoms with Gasteiger partial charge in [0.15, 0.2) is 9.84 Å². The summed E-state index contributed by atoms with van der Waals surface area (Å²) in [7, 11) is -6.66. The van der Waals surface area contributed by atoms with Gasteiger partial charge in [-0.05, 0) is 30.7 Å². The molecule has 1 aromatic rings. The average molecular weight is 400 g/mol. The van der Waals surface area contributed by atoms with Gasteiger partial charge in [-0.15, -0.1) is 0 Å². The molecular weight excluding hydrogens is 380 g/mol. The van der Waals surface area contributed by atoms with Crippen LogP contribution >= 0.6 is 0 Å². The summed E-state index contributed by atoms with van der Waals surface area (Å²) in [6.45, 7) is 1.59. The molecule has 3 heterocycles. The summed E-state index contributed by atoms with van der Waals surface area (Å²) < 4.78 is 55.4. The highest BCUT2D eigenvalue weighted by Crippen LogP contribution is 2.34. The fourth-order valence-corrected chi connectivity index (χ4v) is 7.25. The van der Waals surface area contributed by atoms with Crippen molar-refractivity contribution in [3.63, 3.8) is 0 Å². The van der Waals surface area contributed by atoms with E-state index >= 15 is 0 Å². The first-order valence-corrected chi connectivity index (χ1v) is 11.6. The van der Waals surface area contributed by atoms with E-state index in [-0.39, 0.29) is 29.1 Å². The molecule has 3 fully saturated rings. The zero-order valence-corrected chi connectivity index (χ0v) is 15.7. The van der Waals surface area contributed by atoms with Crippen LogP contribution in [0.25, 0.3) is 0 Å². The maximum atomic E-state index is 12.7. The third kappa shape index (κ3) is 2.94. The molecule has 0 aromatic heterocycles. The van der Waals surface area contributed by atoms with Gasteiger partial charge in [0.05, 0.1) is 29.1 Å². The number of morpholine rings is 1. The molecule has 0 radical (unpaired) electrons. The molecule has 2 atom stereocenters. The number of ether oxygens (including phenoxy) is 1. The maximum Gasteiger partial charge on any atom is 0.254 e. The summed E-state index contributed by atoms with van der Waals surface area (Å²) in [5.41, 5.74) is 0.371. The predicted molar refractivity (Wildman–Crippen MR) is 93.0 cm³/mol. The van der Waals surface area contributed by atoms with Crippen LogP contribution in [0.2, 0.25) is 0 Å². The van der Waals surface area contributed by atoms with E-state index in [9.17, 15) is 21.6 Å². The SMILES string of the molecule is O=C(c1ccc(S(=O)(=O)N2CCOCC2)cc1)N1CC2CC1CS2(=O)=O. The standard InChI is InChI=1S/C16H20N2O6S2/c19-16(18-10-15-9-13(18)11-25(15,20)21)12-1-3-14(4-2-12)26(22,23)17-5-7-24-8-6-17/h1-4,13,15H,5-11H2. The van der Waals surface area contributed by atoms with Gasteiger partial charge >= 0.3 is 0 Å². The van der Waals surface area contributed by atoms with E-state index in [1.54, 1.807) is 4.90 Å². The minimum absolute atomic E-state index is 0.0207. The van der Waals surface area contributed by atoms with Gasteiger partial charge in [0.2, 0.25) is 10.0 Å². The minimum atomic E-state index is -3.60. The van der Waals surface area contributed by atoms with Crippen LogP contribution in [0.3, 0.4) is 0 Å². The third-order valence-electron chi connectivity index (χ3n) is 5.28.